The molecule has 2 aromatic carbocycles. The molecule has 1 saturated heterocycles. The van der Waals surface area contributed by atoms with Crippen molar-refractivity contribution in [3.05, 3.63) is 78.6 Å². The Kier molecular flexibility index (Phi) is 5.72. The summed E-state index contributed by atoms with van der Waals surface area (Å²) in [5.41, 5.74) is 3.82. The summed E-state index contributed by atoms with van der Waals surface area (Å²) in [5.74, 6) is -0.0447. The molecule has 0 atom stereocenters. The molecule has 0 aliphatic carbocycles. The number of piperazine rings is 1. The maximum Gasteiger partial charge on any atom is 0.338 e. The number of anilines is 1. The van der Waals surface area contributed by atoms with E-state index in [-0.39, 0.29) is 12.5 Å². The van der Waals surface area contributed by atoms with Crippen molar-refractivity contribution < 1.29 is 14.3 Å². The van der Waals surface area contributed by atoms with Crippen LogP contribution in [0, 0.1) is 0 Å². The number of nitrogens with zero attached hydrogens (tertiary/aromatic N) is 4. The largest absolute Gasteiger partial charge is 0.452 e. The summed E-state index contributed by atoms with van der Waals surface area (Å²) in [7, 11) is 0. The molecular weight excluding hydrogens is 418 g/mol. The Balaban J connectivity index is 1.17. The van der Waals surface area contributed by atoms with Crippen LogP contribution in [0.15, 0.2) is 73.1 Å². The van der Waals surface area contributed by atoms with Crippen LogP contribution in [0.5, 0.6) is 0 Å². The number of carbonyl (C=O) groups is 2. The van der Waals surface area contributed by atoms with Gasteiger partial charge in [-0.25, -0.2) is 9.78 Å². The van der Waals surface area contributed by atoms with E-state index in [4.69, 9.17) is 4.74 Å². The number of para-hydroxylation sites is 1. The Labute approximate surface area is 190 Å². The van der Waals surface area contributed by atoms with Crippen LogP contribution < -0.4 is 4.90 Å². The van der Waals surface area contributed by atoms with Gasteiger partial charge >= 0.3 is 5.97 Å². The van der Waals surface area contributed by atoms with Crippen molar-refractivity contribution in [3.8, 4) is 11.4 Å². The van der Waals surface area contributed by atoms with Gasteiger partial charge in [0.1, 0.15) is 5.82 Å². The molecule has 166 valence electrons. The van der Waals surface area contributed by atoms with Crippen LogP contribution >= 0.6 is 0 Å². The van der Waals surface area contributed by atoms with E-state index in [9.17, 15) is 9.59 Å². The van der Waals surface area contributed by atoms with Crippen LogP contribution in [-0.2, 0) is 9.53 Å². The second-order valence-corrected chi connectivity index (χ2v) is 7.84. The van der Waals surface area contributed by atoms with E-state index in [0.717, 1.165) is 29.9 Å². The molecule has 33 heavy (non-hydrogen) atoms. The molecule has 1 fully saturated rings. The molecule has 4 aromatic rings. The first-order valence-electron chi connectivity index (χ1n) is 10.8. The minimum atomic E-state index is -0.536. The second kappa shape index (κ2) is 9.12. The standard InChI is InChI=1S/C25H23N5O3/c31-23(30-13-11-29(12-14-30)20-6-2-1-3-7-20)17-33-25(32)18-8-9-21-22(15-18)28-24(27-21)19-5-4-10-26-16-19/h1-10,15-16H,11-14,17H2,(H,27,28). The number of amides is 1. The monoisotopic (exact) mass is 441 g/mol. The van der Waals surface area contributed by atoms with E-state index in [1.54, 1.807) is 35.5 Å². The Hall–Kier alpha value is -4.20. The fourth-order valence-electron chi connectivity index (χ4n) is 3.93. The quantitative estimate of drug-likeness (QED) is 0.479. The Morgan fingerprint density at radius 1 is 0.970 bits per heavy atom. The SMILES string of the molecule is O=C(OCC(=O)N1CCN(c2ccccc2)CC1)c1ccc2nc(-c3cccnc3)[nH]c2c1. The summed E-state index contributed by atoms with van der Waals surface area (Å²) < 4.78 is 5.31. The van der Waals surface area contributed by atoms with Gasteiger partial charge in [-0.2, -0.15) is 0 Å². The van der Waals surface area contributed by atoms with Crippen molar-refractivity contribution in [2.24, 2.45) is 0 Å². The lowest BCUT2D eigenvalue weighted by Gasteiger charge is -2.36. The van der Waals surface area contributed by atoms with Gasteiger partial charge in [0.15, 0.2) is 6.61 Å². The number of aromatic amines is 1. The highest BCUT2D eigenvalue weighted by molar-refractivity contribution is 5.95. The van der Waals surface area contributed by atoms with Crippen LogP contribution in [0.25, 0.3) is 22.4 Å². The summed E-state index contributed by atoms with van der Waals surface area (Å²) in [5, 5.41) is 0. The highest BCUT2D eigenvalue weighted by Crippen LogP contribution is 2.21. The van der Waals surface area contributed by atoms with Crippen molar-refractivity contribution in [2.45, 2.75) is 0 Å². The highest BCUT2D eigenvalue weighted by atomic mass is 16.5. The zero-order valence-electron chi connectivity index (χ0n) is 18.0. The van der Waals surface area contributed by atoms with Gasteiger partial charge in [-0.3, -0.25) is 9.78 Å². The van der Waals surface area contributed by atoms with Crippen LogP contribution in [0.3, 0.4) is 0 Å². The minimum Gasteiger partial charge on any atom is -0.452 e. The molecule has 1 N–H and O–H groups in total. The van der Waals surface area contributed by atoms with Crippen LogP contribution in [0.1, 0.15) is 10.4 Å². The zero-order valence-corrected chi connectivity index (χ0v) is 18.0. The molecule has 1 amide bonds. The molecular formula is C25H23N5O3. The van der Waals surface area contributed by atoms with Crippen LogP contribution in [0.2, 0.25) is 0 Å². The third-order valence-corrected chi connectivity index (χ3v) is 5.73. The molecule has 8 heteroatoms. The molecule has 0 unspecified atom stereocenters. The molecule has 0 bridgehead atoms. The van der Waals surface area contributed by atoms with Crippen LogP contribution in [0.4, 0.5) is 5.69 Å². The van der Waals surface area contributed by atoms with Gasteiger partial charge in [-0.05, 0) is 42.5 Å². The van der Waals surface area contributed by atoms with Gasteiger partial charge in [0.2, 0.25) is 0 Å². The Morgan fingerprint density at radius 2 is 1.79 bits per heavy atom. The number of carbonyl (C=O) groups excluding carboxylic acids is 2. The molecule has 5 rings (SSSR count). The Bertz CT molecular complexity index is 1270. The number of benzene rings is 2. The molecule has 0 saturated carbocycles. The van der Waals surface area contributed by atoms with Gasteiger partial charge < -0.3 is 19.5 Å². The Morgan fingerprint density at radius 3 is 2.55 bits per heavy atom. The molecule has 0 spiro atoms. The second-order valence-electron chi connectivity index (χ2n) is 7.84. The van der Waals surface area contributed by atoms with E-state index in [0.29, 0.717) is 30.0 Å². The first kappa shape index (κ1) is 20.7. The molecule has 1 aliphatic heterocycles. The number of hydrogen-bond donors (Lipinski definition) is 1. The average molecular weight is 441 g/mol. The number of pyridine rings is 1. The summed E-state index contributed by atoms with van der Waals surface area (Å²) in [6.45, 7) is 2.43. The van der Waals surface area contributed by atoms with E-state index in [2.05, 4.69) is 32.0 Å². The van der Waals surface area contributed by atoms with Gasteiger partial charge in [0.05, 0.1) is 16.6 Å². The molecule has 8 nitrogen and oxygen atoms in total. The van der Waals surface area contributed by atoms with Crippen molar-refractivity contribution in [1.82, 2.24) is 19.9 Å². The third kappa shape index (κ3) is 4.55. The topological polar surface area (TPSA) is 91.4 Å². The lowest BCUT2D eigenvalue weighted by molar-refractivity contribution is -0.134. The first-order chi connectivity index (χ1) is 16.2. The number of H-pyrrole nitrogens is 1. The molecule has 0 radical (unpaired) electrons. The minimum absolute atomic E-state index is 0.183. The number of fused-ring (bicyclic) bond motifs is 1. The third-order valence-electron chi connectivity index (χ3n) is 5.73. The lowest BCUT2D eigenvalue weighted by atomic mass is 10.2. The number of nitrogens with one attached hydrogen (secondary N) is 1. The number of hydrogen-bond acceptors (Lipinski definition) is 6. The van der Waals surface area contributed by atoms with Crippen LogP contribution in [-0.4, -0.2) is 64.5 Å². The molecule has 3 heterocycles. The van der Waals surface area contributed by atoms with Gasteiger partial charge in [0.25, 0.3) is 5.91 Å². The predicted octanol–water partition coefficient (Wildman–Crippen LogP) is 3.13. The smallest absolute Gasteiger partial charge is 0.338 e. The van der Waals surface area contributed by atoms with Crippen molar-refractivity contribution >= 4 is 28.6 Å². The summed E-state index contributed by atoms with van der Waals surface area (Å²) in [6.07, 6.45) is 3.42. The molecule has 1 aliphatic rings. The fraction of sp³-hybridized carbons (Fsp3) is 0.200. The zero-order chi connectivity index (χ0) is 22.6. The number of esters is 1. The van der Waals surface area contributed by atoms with E-state index in [1.807, 2.05) is 30.3 Å². The normalized spacial score (nSPS) is 13.8. The molecule has 2 aromatic heterocycles. The fourth-order valence-corrected chi connectivity index (χ4v) is 3.93. The lowest BCUT2D eigenvalue weighted by Crippen LogP contribution is -2.49. The van der Waals surface area contributed by atoms with Crippen molar-refractivity contribution in [3.63, 3.8) is 0 Å². The van der Waals surface area contributed by atoms with E-state index in [1.165, 1.54) is 0 Å². The first-order valence-corrected chi connectivity index (χ1v) is 10.8. The summed E-state index contributed by atoms with van der Waals surface area (Å²) in [6, 6.07) is 19.0. The highest BCUT2D eigenvalue weighted by Gasteiger charge is 2.22. The van der Waals surface area contributed by atoms with Gasteiger partial charge in [0, 0.05) is 49.8 Å². The number of imidazole rings is 1. The predicted molar refractivity (Wildman–Crippen MR) is 125 cm³/mol. The number of rotatable bonds is 5. The van der Waals surface area contributed by atoms with E-state index < -0.39 is 5.97 Å². The van der Waals surface area contributed by atoms with Crippen molar-refractivity contribution in [1.29, 1.82) is 0 Å². The van der Waals surface area contributed by atoms with Gasteiger partial charge in [-0.1, -0.05) is 18.2 Å². The van der Waals surface area contributed by atoms with Crippen molar-refractivity contribution in [2.75, 3.05) is 37.7 Å². The number of ether oxygens (including phenoxy) is 1. The maximum atomic E-state index is 12.6. The average Bonchev–Trinajstić information content (AvgIpc) is 3.32. The van der Waals surface area contributed by atoms with E-state index >= 15 is 0 Å². The maximum absolute atomic E-state index is 12.6. The summed E-state index contributed by atoms with van der Waals surface area (Å²) >= 11 is 0. The summed E-state index contributed by atoms with van der Waals surface area (Å²) in [4.78, 5) is 40.9. The number of aromatic nitrogens is 3. The van der Waals surface area contributed by atoms with Gasteiger partial charge in [-0.15, -0.1) is 0 Å².